The molecule has 160 valence electrons. The number of aryl methyl sites for hydroxylation is 2. The maximum Gasteiger partial charge on any atom is 0.573 e. The van der Waals surface area contributed by atoms with E-state index in [0.29, 0.717) is 31.0 Å². The molecule has 2 nitrogen and oxygen atoms in total. The van der Waals surface area contributed by atoms with Gasteiger partial charge in [-0.2, -0.15) is 8.78 Å². The standard InChI is InChI=1S/C19H16F8O2/c1-2-3-11-4-5-12(17(22)16(11)21)8-9-18(23,24)28-13-6-7-15(14(20)10-13)29-19(25,26)27/h4-7,10H,2-3,8-9H2,1H3. The summed E-state index contributed by atoms with van der Waals surface area (Å²) < 4.78 is 113. The highest BCUT2D eigenvalue weighted by Gasteiger charge is 2.34. The van der Waals surface area contributed by atoms with E-state index in [0.717, 1.165) is 0 Å². The average molecular weight is 428 g/mol. The van der Waals surface area contributed by atoms with Crippen LogP contribution < -0.4 is 9.47 Å². The molecule has 0 fully saturated rings. The topological polar surface area (TPSA) is 18.5 Å². The van der Waals surface area contributed by atoms with Crippen LogP contribution in [-0.2, 0) is 12.8 Å². The zero-order chi connectivity index (χ0) is 21.8. The Morgan fingerprint density at radius 1 is 0.793 bits per heavy atom. The number of hydrogen-bond acceptors (Lipinski definition) is 2. The third kappa shape index (κ3) is 6.50. The lowest BCUT2D eigenvalue weighted by Crippen LogP contribution is -2.26. The molecule has 0 bridgehead atoms. The molecular formula is C19H16F8O2. The summed E-state index contributed by atoms with van der Waals surface area (Å²) in [6.07, 6.45) is -9.85. The van der Waals surface area contributed by atoms with E-state index in [4.69, 9.17) is 0 Å². The van der Waals surface area contributed by atoms with Crippen LogP contribution in [0.25, 0.3) is 0 Å². The van der Waals surface area contributed by atoms with Crippen LogP contribution in [0.1, 0.15) is 30.9 Å². The van der Waals surface area contributed by atoms with Gasteiger partial charge in [0.05, 0.1) is 6.42 Å². The number of halogens is 8. The van der Waals surface area contributed by atoms with Gasteiger partial charge in [0, 0.05) is 6.07 Å². The highest BCUT2D eigenvalue weighted by molar-refractivity contribution is 5.33. The van der Waals surface area contributed by atoms with Gasteiger partial charge in [-0.15, -0.1) is 13.2 Å². The Hall–Kier alpha value is -2.52. The Morgan fingerprint density at radius 3 is 1.90 bits per heavy atom. The van der Waals surface area contributed by atoms with Crippen LogP contribution in [0, 0.1) is 17.5 Å². The molecule has 0 radical (unpaired) electrons. The minimum Gasteiger partial charge on any atom is -0.432 e. The van der Waals surface area contributed by atoms with Crippen molar-refractivity contribution in [2.24, 2.45) is 0 Å². The maximum atomic E-state index is 14.0. The molecule has 10 heteroatoms. The number of rotatable bonds is 8. The van der Waals surface area contributed by atoms with Crippen molar-refractivity contribution >= 4 is 0 Å². The quantitative estimate of drug-likeness (QED) is 0.444. The third-order valence-corrected chi connectivity index (χ3v) is 3.84. The van der Waals surface area contributed by atoms with Crippen molar-refractivity contribution in [3.8, 4) is 11.5 Å². The van der Waals surface area contributed by atoms with Gasteiger partial charge in [0.15, 0.2) is 23.2 Å². The zero-order valence-corrected chi connectivity index (χ0v) is 15.1. The monoisotopic (exact) mass is 428 g/mol. The van der Waals surface area contributed by atoms with Crippen LogP contribution in [0.2, 0.25) is 0 Å². The minimum atomic E-state index is -5.15. The highest BCUT2D eigenvalue weighted by atomic mass is 19.4. The Morgan fingerprint density at radius 2 is 1.38 bits per heavy atom. The largest absolute Gasteiger partial charge is 0.573 e. The Kier molecular flexibility index (Phi) is 6.97. The van der Waals surface area contributed by atoms with E-state index in [1.54, 1.807) is 6.92 Å². The predicted molar refractivity (Wildman–Crippen MR) is 87.3 cm³/mol. The first-order valence-corrected chi connectivity index (χ1v) is 8.49. The van der Waals surface area contributed by atoms with Gasteiger partial charge in [0.2, 0.25) is 0 Å². The average Bonchev–Trinajstić information content (AvgIpc) is 2.59. The summed E-state index contributed by atoms with van der Waals surface area (Å²) in [6, 6.07) is 3.95. The van der Waals surface area contributed by atoms with Gasteiger partial charge >= 0.3 is 12.5 Å². The molecule has 0 aliphatic heterocycles. The van der Waals surface area contributed by atoms with Crippen molar-refractivity contribution in [3.05, 3.63) is 58.9 Å². The Labute approximate surface area is 161 Å². The molecule has 0 saturated heterocycles. The smallest absolute Gasteiger partial charge is 0.432 e. The van der Waals surface area contributed by atoms with Crippen molar-refractivity contribution in [3.63, 3.8) is 0 Å². The number of benzene rings is 2. The van der Waals surface area contributed by atoms with Gasteiger partial charge in [0.25, 0.3) is 0 Å². The second kappa shape index (κ2) is 8.87. The molecule has 0 N–H and O–H groups in total. The van der Waals surface area contributed by atoms with E-state index in [-0.39, 0.29) is 11.1 Å². The SMILES string of the molecule is CCCc1ccc(CCC(F)(F)Oc2ccc(OC(F)(F)F)c(F)c2)c(F)c1F. The molecule has 0 atom stereocenters. The van der Waals surface area contributed by atoms with E-state index in [1.807, 2.05) is 0 Å². The number of hydrogen-bond donors (Lipinski definition) is 0. The van der Waals surface area contributed by atoms with E-state index < -0.39 is 54.3 Å². The maximum absolute atomic E-state index is 14.0. The van der Waals surface area contributed by atoms with Crippen LogP contribution in [0.15, 0.2) is 30.3 Å². The lowest BCUT2D eigenvalue weighted by atomic mass is 10.0. The van der Waals surface area contributed by atoms with Gasteiger partial charge in [-0.1, -0.05) is 25.5 Å². The highest BCUT2D eigenvalue weighted by Crippen LogP contribution is 2.32. The van der Waals surface area contributed by atoms with Gasteiger partial charge < -0.3 is 9.47 Å². The molecule has 0 saturated carbocycles. The van der Waals surface area contributed by atoms with Gasteiger partial charge in [-0.25, -0.2) is 13.2 Å². The normalized spacial score (nSPS) is 12.2. The molecule has 29 heavy (non-hydrogen) atoms. The van der Waals surface area contributed by atoms with Crippen LogP contribution in [-0.4, -0.2) is 12.5 Å². The first-order valence-electron chi connectivity index (χ1n) is 8.49. The molecule has 0 aliphatic carbocycles. The summed E-state index contributed by atoms with van der Waals surface area (Å²) in [5, 5.41) is 0. The first-order chi connectivity index (χ1) is 13.4. The van der Waals surface area contributed by atoms with Crippen LogP contribution >= 0.6 is 0 Å². The number of alkyl halides is 5. The van der Waals surface area contributed by atoms with E-state index in [2.05, 4.69) is 9.47 Å². The summed E-state index contributed by atoms with van der Waals surface area (Å²) in [5.41, 5.74) is -0.154. The zero-order valence-electron chi connectivity index (χ0n) is 15.1. The molecule has 0 heterocycles. The lowest BCUT2D eigenvalue weighted by molar-refractivity contribution is -0.275. The minimum absolute atomic E-state index is 0.133. The lowest BCUT2D eigenvalue weighted by Gasteiger charge is -2.19. The van der Waals surface area contributed by atoms with E-state index in [9.17, 15) is 35.1 Å². The fourth-order valence-electron chi connectivity index (χ4n) is 2.54. The molecule has 0 aliphatic rings. The summed E-state index contributed by atoms with van der Waals surface area (Å²) in [5.74, 6) is -5.86. The molecule has 2 aromatic rings. The van der Waals surface area contributed by atoms with Crippen molar-refractivity contribution in [1.29, 1.82) is 0 Å². The van der Waals surface area contributed by atoms with E-state index >= 15 is 0 Å². The molecule has 0 spiro atoms. The van der Waals surface area contributed by atoms with Gasteiger partial charge in [-0.05, 0) is 36.1 Å². The second-order valence-corrected chi connectivity index (χ2v) is 6.14. The van der Waals surface area contributed by atoms with Crippen molar-refractivity contribution in [2.75, 3.05) is 0 Å². The molecule has 0 amide bonds. The fourth-order valence-corrected chi connectivity index (χ4v) is 2.54. The summed E-state index contributed by atoms with van der Waals surface area (Å²) in [4.78, 5) is 0. The summed E-state index contributed by atoms with van der Waals surface area (Å²) >= 11 is 0. The molecule has 0 unspecified atom stereocenters. The van der Waals surface area contributed by atoms with Crippen molar-refractivity contribution in [2.45, 2.75) is 45.1 Å². The molecule has 0 aromatic heterocycles. The molecular weight excluding hydrogens is 412 g/mol. The van der Waals surface area contributed by atoms with Crippen LogP contribution in [0.4, 0.5) is 35.1 Å². The van der Waals surface area contributed by atoms with Crippen molar-refractivity contribution in [1.82, 2.24) is 0 Å². The second-order valence-electron chi connectivity index (χ2n) is 6.14. The Bertz CT molecular complexity index is 849. The summed E-state index contributed by atoms with van der Waals surface area (Å²) in [7, 11) is 0. The summed E-state index contributed by atoms with van der Waals surface area (Å²) in [6.45, 7) is 1.77. The van der Waals surface area contributed by atoms with Crippen LogP contribution in [0.5, 0.6) is 11.5 Å². The molecule has 2 aromatic carbocycles. The first kappa shape index (κ1) is 22.8. The third-order valence-electron chi connectivity index (χ3n) is 3.84. The fraction of sp³-hybridized carbons (Fsp3) is 0.368. The van der Waals surface area contributed by atoms with Gasteiger partial charge in [-0.3, -0.25) is 0 Å². The molecule has 2 rings (SSSR count). The van der Waals surface area contributed by atoms with Gasteiger partial charge in [0.1, 0.15) is 5.75 Å². The van der Waals surface area contributed by atoms with E-state index in [1.165, 1.54) is 12.1 Å². The van der Waals surface area contributed by atoms with Crippen molar-refractivity contribution < 1.29 is 44.6 Å². The Balaban J connectivity index is 2.05. The van der Waals surface area contributed by atoms with Crippen LogP contribution in [0.3, 0.4) is 0 Å². The number of ether oxygens (including phenoxy) is 2. The predicted octanol–water partition coefficient (Wildman–Crippen LogP) is 6.56.